The fourth-order valence-electron chi connectivity index (χ4n) is 4.12. The summed E-state index contributed by atoms with van der Waals surface area (Å²) in [4.78, 5) is 13.0. The predicted molar refractivity (Wildman–Crippen MR) is 119 cm³/mol. The largest absolute Gasteiger partial charge is 0.381 e. The summed E-state index contributed by atoms with van der Waals surface area (Å²) in [6.07, 6.45) is 2.51. The SMILES string of the molecule is Cc1cc(NC(=O)c2cc(N3CCCS3(=O)=O)ccc2Cl)cc(C2CCOCC2)c1. The molecule has 0 spiro atoms. The number of aryl methyl sites for hydroxylation is 1. The molecule has 30 heavy (non-hydrogen) atoms. The topological polar surface area (TPSA) is 75.7 Å². The Balaban J connectivity index is 1.58. The molecule has 6 nitrogen and oxygen atoms in total. The molecule has 0 unspecified atom stereocenters. The maximum atomic E-state index is 13.0. The Hall–Kier alpha value is -2.09. The molecule has 2 fully saturated rings. The number of nitrogens with one attached hydrogen (secondary N) is 1. The van der Waals surface area contributed by atoms with Crippen LogP contribution >= 0.6 is 11.6 Å². The summed E-state index contributed by atoms with van der Waals surface area (Å²) in [6.45, 7) is 3.92. The van der Waals surface area contributed by atoms with Gasteiger partial charge in [-0.05, 0) is 73.6 Å². The van der Waals surface area contributed by atoms with E-state index in [1.54, 1.807) is 18.2 Å². The standard InChI is InChI=1S/C22H25ClN2O4S/c1-15-11-17(16-5-8-29-9-6-16)13-18(12-15)24-22(26)20-14-19(3-4-21(20)23)25-7-2-10-30(25,27)28/h3-4,11-14,16H,2,5-10H2,1H3,(H,24,26). The highest BCUT2D eigenvalue weighted by Crippen LogP contribution is 2.31. The highest BCUT2D eigenvalue weighted by molar-refractivity contribution is 7.93. The summed E-state index contributed by atoms with van der Waals surface area (Å²) in [5, 5.41) is 3.22. The molecule has 2 saturated heterocycles. The minimum Gasteiger partial charge on any atom is -0.381 e. The van der Waals surface area contributed by atoms with Gasteiger partial charge in [-0.2, -0.15) is 0 Å². The number of carbonyl (C=O) groups is 1. The molecule has 2 aromatic carbocycles. The van der Waals surface area contributed by atoms with E-state index < -0.39 is 10.0 Å². The van der Waals surface area contributed by atoms with Crippen LogP contribution in [0.15, 0.2) is 36.4 Å². The van der Waals surface area contributed by atoms with Crippen molar-refractivity contribution in [2.45, 2.75) is 32.1 Å². The van der Waals surface area contributed by atoms with Gasteiger partial charge in [-0.1, -0.05) is 17.7 Å². The van der Waals surface area contributed by atoms with Crippen molar-refractivity contribution in [1.82, 2.24) is 0 Å². The van der Waals surface area contributed by atoms with Gasteiger partial charge in [0.15, 0.2) is 0 Å². The van der Waals surface area contributed by atoms with E-state index in [2.05, 4.69) is 11.4 Å². The summed E-state index contributed by atoms with van der Waals surface area (Å²) in [5.41, 5.74) is 3.69. The van der Waals surface area contributed by atoms with Crippen LogP contribution in [-0.2, 0) is 14.8 Å². The lowest BCUT2D eigenvalue weighted by atomic mass is 9.90. The Bertz CT molecular complexity index is 1060. The third kappa shape index (κ3) is 4.48. The van der Waals surface area contributed by atoms with E-state index in [1.165, 1.54) is 9.87 Å². The zero-order valence-corrected chi connectivity index (χ0v) is 18.4. The van der Waals surface area contributed by atoms with Gasteiger partial charge in [0.05, 0.1) is 22.0 Å². The molecule has 0 bridgehead atoms. The molecule has 2 aliphatic rings. The number of ether oxygens (including phenoxy) is 1. The van der Waals surface area contributed by atoms with E-state index in [-0.39, 0.29) is 22.2 Å². The van der Waals surface area contributed by atoms with E-state index >= 15 is 0 Å². The van der Waals surface area contributed by atoms with E-state index in [0.717, 1.165) is 31.6 Å². The monoisotopic (exact) mass is 448 g/mol. The van der Waals surface area contributed by atoms with Gasteiger partial charge < -0.3 is 10.1 Å². The fourth-order valence-corrected chi connectivity index (χ4v) is 5.88. The summed E-state index contributed by atoms with van der Waals surface area (Å²) in [5.74, 6) is 0.179. The summed E-state index contributed by atoms with van der Waals surface area (Å²) in [6, 6.07) is 10.8. The first-order valence-corrected chi connectivity index (χ1v) is 12.1. The molecule has 1 N–H and O–H groups in total. The maximum absolute atomic E-state index is 13.0. The van der Waals surface area contributed by atoms with Crippen LogP contribution in [0.25, 0.3) is 0 Å². The molecule has 2 heterocycles. The fraction of sp³-hybridized carbons (Fsp3) is 0.409. The van der Waals surface area contributed by atoms with Crippen LogP contribution in [0.4, 0.5) is 11.4 Å². The van der Waals surface area contributed by atoms with Crippen molar-refractivity contribution in [1.29, 1.82) is 0 Å². The van der Waals surface area contributed by atoms with Crippen molar-refractivity contribution >= 4 is 38.9 Å². The van der Waals surface area contributed by atoms with E-state index in [9.17, 15) is 13.2 Å². The second kappa shape index (κ2) is 8.57. The Morgan fingerprint density at radius 2 is 1.93 bits per heavy atom. The van der Waals surface area contributed by atoms with E-state index in [1.807, 2.05) is 19.1 Å². The first-order valence-electron chi connectivity index (χ1n) is 10.1. The zero-order chi connectivity index (χ0) is 21.3. The summed E-state index contributed by atoms with van der Waals surface area (Å²) >= 11 is 6.28. The van der Waals surface area contributed by atoms with Crippen LogP contribution in [0.2, 0.25) is 5.02 Å². The molecular weight excluding hydrogens is 424 g/mol. The van der Waals surface area contributed by atoms with Crippen molar-refractivity contribution < 1.29 is 17.9 Å². The number of rotatable bonds is 4. The van der Waals surface area contributed by atoms with Gasteiger partial charge >= 0.3 is 0 Å². The van der Waals surface area contributed by atoms with Gasteiger partial charge in [-0.15, -0.1) is 0 Å². The summed E-state index contributed by atoms with van der Waals surface area (Å²) in [7, 11) is -3.33. The van der Waals surface area contributed by atoms with E-state index in [4.69, 9.17) is 16.3 Å². The lowest BCUT2D eigenvalue weighted by molar-refractivity contribution is 0.0853. The molecule has 4 rings (SSSR count). The van der Waals surface area contributed by atoms with Crippen LogP contribution in [0, 0.1) is 6.92 Å². The lowest BCUT2D eigenvalue weighted by Gasteiger charge is -2.23. The Kier molecular flexibility index (Phi) is 6.04. The average Bonchev–Trinajstić information content (AvgIpc) is 3.07. The molecule has 0 aromatic heterocycles. The highest BCUT2D eigenvalue weighted by atomic mass is 35.5. The molecule has 0 atom stereocenters. The highest BCUT2D eigenvalue weighted by Gasteiger charge is 2.29. The Labute approximate surface area is 182 Å². The lowest BCUT2D eigenvalue weighted by Crippen LogP contribution is -2.25. The van der Waals surface area contributed by atoms with Gasteiger partial charge in [-0.3, -0.25) is 9.10 Å². The number of carbonyl (C=O) groups excluding carboxylic acids is 1. The maximum Gasteiger partial charge on any atom is 0.257 e. The van der Waals surface area contributed by atoms with Crippen LogP contribution in [-0.4, -0.2) is 39.8 Å². The first-order chi connectivity index (χ1) is 14.3. The number of hydrogen-bond donors (Lipinski definition) is 1. The van der Waals surface area contributed by atoms with Crippen molar-refractivity contribution in [3.05, 3.63) is 58.1 Å². The van der Waals surface area contributed by atoms with Crippen LogP contribution in [0.5, 0.6) is 0 Å². The van der Waals surface area contributed by atoms with Crippen molar-refractivity contribution in [3.8, 4) is 0 Å². The second-order valence-corrected chi connectivity index (χ2v) is 10.3. The first kappa shape index (κ1) is 21.2. The van der Waals surface area contributed by atoms with Gasteiger partial charge in [0.2, 0.25) is 10.0 Å². The molecule has 0 aliphatic carbocycles. The molecule has 2 aromatic rings. The van der Waals surface area contributed by atoms with Crippen molar-refractivity contribution in [2.75, 3.05) is 35.1 Å². The minimum atomic E-state index is -3.33. The van der Waals surface area contributed by atoms with Crippen molar-refractivity contribution in [2.24, 2.45) is 0 Å². The van der Waals surface area contributed by atoms with Gasteiger partial charge in [-0.25, -0.2) is 8.42 Å². The predicted octanol–water partition coefficient (Wildman–Crippen LogP) is 4.33. The number of hydrogen-bond acceptors (Lipinski definition) is 4. The Morgan fingerprint density at radius 1 is 1.17 bits per heavy atom. The molecule has 0 radical (unpaired) electrons. The third-order valence-corrected chi connectivity index (χ3v) is 7.83. The Morgan fingerprint density at radius 3 is 2.63 bits per heavy atom. The van der Waals surface area contributed by atoms with Gasteiger partial charge in [0, 0.05) is 25.4 Å². The van der Waals surface area contributed by atoms with E-state index in [0.29, 0.717) is 30.3 Å². The molecule has 8 heteroatoms. The molecule has 160 valence electrons. The molecule has 1 amide bonds. The molecule has 2 aliphatic heterocycles. The van der Waals surface area contributed by atoms with Crippen LogP contribution < -0.4 is 9.62 Å². The normalized spacial score (nSPS) is 19.1. The quantitative estimate of drug-likeness (QED) is 0.755. The number of benzene rings is 2. The number of anilines is 2. The third-order valence-electron chi connectivity index (χ3n) is 5.63. The number of halogens is 1. The number of sulfonamides is 1. The number of amides is 1. The summed E-state index contributed by atoms with van der Waals surface area (Å²) < 4.78 is 31.3. The smallest absolute Gasteiger partial charge is 0.257 e. The van der Waals surface area contributed by atoms with Crippen LogP contribution in [0.3, 0.4) is 0 Å². The molecular formula is C22H25ClN2O4S. The van der Waals surface area contributed by atoms with Gasteiger partial charge in [0.1, 0.15) is 0 Å². The average molecular weight is 449 g/mol. The van der Waals surface area contributed by atoms with Crippen molar-refractivity contribution in [3.63, 3.8) is 0 Å². The number of nitrogens with zero attached hydrogens (tertiary/aromatic N) is 1. The van der Waals surface area contributed by atoms with Gasteiger partial charge in [0.25, 0.3) is 5.91 Å². The zero-order valence-electron chi connectivity index (χ0n) is 16.9. The minimum absolute atomic E-state index is 0.120. The second-order valence-electron chi connectivity index (χ2n) is 7.88. The molecule has 0 saturated carbocycles. The van der Waals surface area contributed by atoms with Crippen LogP contribution in [0.1, 0.15) is 46.7 Å².